The smallest absolute Gasteiger partial charge is 0.238 e. The summed E-state index contributed by atoms with van der Waals surface area (Å²) >= 11 is 0. The van der Waals surface area contributed by atoms with E-state index in [1.807, 2.05) is 12.1 Å². The van der Waals surface area contributed by atoms with E-state index in [4.69, 9.17) is 14.4 Å². The van der Waals surface area contributed by atoms with E-state index in [2.05, 4.69) is 173 Å². The Morgan fingerprint density at radius 3 is 1.91 bits per heavy atom. The van der Waals surface area contributed by atoms with Crippen molar-refractivity contribution in [3.63, 3.8) is 0 Å². The minimum atomic E-state index is -0.181. The van der Waals surface area contributed by atoms with Gasteiger partial charge in [0, 0.05) is 37.7 Å². The van der Waals surface area contributed by atoms with Crippen LogP contribution in [0.5, 0.6) is 0 Å². The number of furan rings is 1. The molecule has 0 bridgehead atoms. The third kappa shape index (κ3) is 3.80. The van der Waals surface area contributed by atoms with Crippen LogP contribution in [-0.4, -0.2) is 18.9 Å². The highest BCUT2D eigenvalue weighted by Crippen LogP contribution is 2.56. The first-order valence-corrected chi connectivity index (χ1v) is 19.9. The first-order valence-electron chi connectivity index (χ1n) is 19.9. The van der Waals surface area contributed by atoms with Gasteiger partial charge in [-0.25, -0.2) is 4.98 Å². The number of aromatic nitrogens is 4. The molecule has 5 heteroatoms. The zero-order valence-corrected chi connectivity index (χ0v) is 31.0. The summed E-state index contributed by atoms with van der Waals surface area (Å²) < 4.78 is 11.4. The number of benzene rings is 8. The maximum atomic E-state index is 6.69. The van der Waals surface area contributed by atoms with E-state index < -0.39 is 0 Å². The quantitative estimate of drug-likeness (QED) is 0.181. The van der Waals surface area contributed by atoms with Crippen molar-refractivity contribution in [3.05, 3.63) is 193 Å². The lowest BCUT2D eigenvalue weighted by Crippen LogP contribution is -2.09. The largest absolute Gasteiger partial charge is 0.438 e. The second-order valence-electron chi connectivity index (χ2n) is 15.6. The Balaban J connectivity index is 1.13. The van der Waals surface area contributed by atoms with Crippen LogP contribution in [0.3, 0.4) is 0 Å². The van der Waals surface area contributed by atoms with Crippen molar-refractivity contribution < 1.29 is 4.42 Å². The predicted octanol–water partition coefficient (Wildman–Crippen LogP) is 13.5. The summed E-state index contributed by atoms with van der Waals surface area (Å²) in [6.07, 6.45) is 0. The van der Waals surface area contributed by atoms with Crippen LogP contribution in [0.2, 0.25) is 0 Å². The topological polar surface area (TPSA) is 48.3 Å². The molecule has 13 aromatic rings. The van der Waals surface area contributed by atoms with Gasteiger partial charge in [-0.15, -0.1) is 0 Å². The van der Waals surface area contributed by atoms with Gasteiger partial charge < -0.3 is 8.82 Å². The Labute approximate surface area is 331 Å². The van der Waals surface area contributed by atoms with E-state index in [1.54, 1.807) is 0 Å². The van der Waals surface area contributed by atoms with Crippen LogP contribution in [0.25, 0.3) is 110 Å². The van der Waals surface area contributed by atoms with Crippen molar-refractivity contribution in [3.8, 4) is 28.2 Å². The van der Waals surface area contributed by atoms with Gasteiger partial charge in [0.25, 0.3) is 0 Å². The predicted molar refractivity (Wildman–Crippen MR) is 237 cm³/mol. The van der Waals surface area contributed by atoms with Crippen molar-refractivity contribution >= 4 is 82.0 Å². The average molecular weight is 739 g/mol. The standard InChI is InChI=1S/C53H30N4O/c1-2-14-30(15-3-1)31-26-27-34-39-29-40-46(48-37-20-8-12-24-43(37)56(51(39)48)44(34)28-31)35-18-4-5-19-36(35)47(40)50-49-38-21-9-13-25-45(38)58-52(49)55-53(54-50)57-41-22-10-6-16-32(41)33-17-7-11-23-42(33)57/h1-29,47H. The minimum Gasteiger partial charge on any atom is -0.438 e. The Bertz CT molecular complexity index is 3820. The number of hydrogen-bond donors (Lipinski definition) is 0. The van der Waals surface area contributed by atoms with Crippen molar-refractivity contribution in [1.29, 1.82) is 0 Å². The highest BCUT2D eigenvalue weighted by Gasteiger charge is 2.37. The maximum Gasteiger partial charge on any atom is 0.238 e. The summed E-state index contributed by atoms with van der Waals surface area (Å²) in [5.74, 6) is 0.422. The summed E-state index contributed by atoms with van der Waals surface area (Å²) in [4.78, 5) is 11.0. The highest BCUT2D eigenvalue weighted by atomic mass is 16.3. The molecule has 0 fully saturated rings. The minimum absolute atomic E-state index is 0.181. The number of rotatable bonds is 3. The molecule has 5 nitrogen and oxygen atoms in total. The molecular weight excluding hydrogens is 709 g/mol. The molecule has 0 N–H and O–H groups in total. The van der Waals surface area contributed by atoms with E-state index in [9.17, 15) is 0 Å². The summed E-state index contributed by atoms with van der Waals surface area (Å²) in [5, 5.41) is 9.36. The SMILES string of the molecule is c1ccc(-c2ccc3c4cc5c(c6c7ccccc7n(c3c2)c46)-c2ccccc2C5c2nc(-n3c4ccccc4c4ccccc43)nc3oc4ccccc4c23)cc1. The molecule has 268 valence electrons. The molecule has 0 radical (unpaired) electrons. The van der Waals surface area contributed by atoms with Crippen LogP contribution in [0, 0.1) is 0 Å². The number of nitrogens with zero attached hydrogens (tertiary/aromatic N) is 4. The van der Waals surface area contributed by atoms with E-state index in [0.717, 1.165) is 33.1 Å². The number of para-hydroxylation sites is 4. The highest BCUT2D eigenvalue weighted by molar-refractivity contribution is 6.28. The van der Waals surface area contributed by atoms with Crippen molar-refractivity contribution in [2.45, 2.75) is 5.92 Å². The third-order valence-corrected chi connectivity index (χ3v) is 12.8. The van der Waals surface area contributed by atoms with Crippen LogP contribution in [0.4, 0.5) is 0 Å². The summed E-state index contributed by atoms with van der Waals surface area (Å²) in [6.45, 7) is 0. The van der Waals surface area contributed by atoms with Crippen LogP contribution in [-0.2, 0) is 0 Å². The molecule has 0 saturated carbocycles. The molecule has 1 aliphatic rings. The van der Waals surface area contributed by atoms with Crippen LogP contribution in [0.15, 0.2) is 180 Å². The fourth-order valence-corrected chi connectivity index (χ4v) is 10.4. The Hall–Kier alpha value is -7.76. The van der Waals surface area contributed by atoms with Gasteiger partial charge in [0.05, 0.1) is 44.6 Å². The van der Waals surface area contributed by atoms with Crippen LogP contribution < -0.4 is 0 Å². The molecule has 5 heterocycles. The van der Waals surface area contributed by atoms with Gasteiger partial charge in [-0.1, -0.05) is 140 Å². The van der Waals surface area contributed by atoms with E-state index in [1.165, 1.54) is 82.2 Å². The van der Waals surface area contributed by atoms with Gasteiger partial charge in [-0.05, 0) is 69.8 Å². The van der Waals surface area contributed by atoms with Gasteiger partial charge in [-0.3, -0.25) is 4.57 Å². The molecule has 58 heavy (non-hydrogen) atoms. The van der Waals surface area contributed by atoms with Crippen LogP contribution in [0.1, 0.15) is 22.7 Å². The third-order valence-electron chi connectivity index (χ3n) is 12.8. The maximum absolute atomic E-state index is 6.69. The first-order chi connectivity index (χ1) is 28.8. The molecule has 14 rings (SSSR count). The lowest BCUT2D eigenvalue weighted by molar-refractivity contribution is 0.649. The Morgan fingerprint density at radius 1 is 0.448 bits per heavy atom. The number of fused-ring (bicyclic) bond motifs is 16. The summed E-state index contributed by atoms with van der Waals surface area (Å²) in [7, 11) is 0. The Morgan fingerprint density at radius 2 is 1.10 bits per heavy atom. The molecule has 1 unspecified atom stereocenters. The lowest BCUT2D eigenvalue weighted by atomic mass is 9.89. The molecule has 0 amide bonds. The fraction of sp³-hybridized carbons (Fsp3) is 0.0189. The zero-order valence-electron chi connectivity index (χ0n) is 31.0. The second-order valence-corrected chi connectivity index (χ2v) is 15.6. The average Bonchev–Trinajstić information content (AvgIpc) is 4.08. The van der Waals surface area contributed by atoms with Gasteiger partial charge in [0.15, 0.2) is 0 Å². The Kier molecular flexibility index (Phi) is 5.76. The van der Waals surface area contributed by atoms with E-state index >= 15 is 0 Å². The molecule has 0 spiro atoms. The van der Waals surface area contributed by atoms with Gasteiger partial charge in [0.2, 0.25) is 11.7 Å². The number of hydrogen-bond acceptors (Lipinski definition) is 3. The molecular formula is C53H30N4O. The van der Waals surface area contributed by atoms with Gasteiger partial charge in [-0.2, -0.15) is 4.98 Å². The molecule has 0 aliphatic heterocycles. The van der Waals surface area contributed by atoms with Crippen molar-refractivity contribution in [2.24, 2.45) is 0 Å². The van der Waals surface area contributed by atoms with E-state index in [0.29, 0.717) is 11.7 Å². The normalized spacial score (nSPS) is 14.0. The summed E-state index contributed by atoms with van der Waals surface area (Å²) in [6, 6.07) is 63.4. The molecule has 1 aliphatic carbocycles. The lowest BCUT2D eigenvalue weighted by Gasteiger charge is -2.17. The van der Waals surface area contributed by atoms with Crippen LogP contribution >= 0.6 is 0 Å². The fourth-order valence-electron chi connectivity index (χ4n) is 10.4. The monoisotopic (exact) mass is 738 g/mol. The van der Waals surface area contributed by atoms with Crippen molar-refractivity contribution in [2.75, 3.05) is 0 Å². The zero-order chi connectivity index (χ0) is 37.6. The molecule has 0 saturated heterocycles. The molecule has 1 atom stereocenters. The van der Waals surface area contributed by atoms with Gasteiger partial charge >= 0.3 is 0 Å². The summed E-state index contributed by atoms with van der Waals surface area (Å²) in [5.41, 5.74) is 15.6. The molecule has 5 aromatic heterocycles. The molecule has 8 aromatic carbocycles. The second kappa shape index (κ2) is 11.0. The first kappa shape index (κ1) is 30.5. The van der Waals surface area contributed by atoms with E-state index in [-0.39, 0.29) is 5.92 Å². The van der Waals surface area contributed by atoms with Crippen molar-refractivity contribution in [1.82, 2.24) is 18.9 Å². The van der Waals surface area contributed by atoms with Gasteiger partial charge in [0.1, 0.15) is 5.58 Å².